The number of aliphatic hydroxyl groups excluding tert-OH is 7. The summed E-state index contributed by atoms with van der Waals surface area (Å²) in [6, 6.07) is 0. The SMILES string of the molecule is CCCC/C=C/C/C=C/CCCCCCCC(=O)OC[C@H](CO[C@@H]1O[C@H](CO[C@@H]2O[C@H](CO)[C@H](O)C(O)C2O)[C@H](O)C(O)C1O)OC(=O)CCCCCCCCCCCCCCCCCC. The van der Waals surface area contributed by atoms with Crippen molar-refractivity contribution < 1.29 is 73.8 Å². The average molecular weight is 945 g/mol. The van der Waals surface area contributed by atoms with Gasteiger partial charge < -0.3 is 64.2 Å². The van der Waals surface area contributed by atoms with Crippen LogP contribution >= 0.6 is 0 Å². The summed E-state index contributed by atoms with van der Waals surface area (Å²) in [5, 5.41) is 72.1. The van der Waals surface area contributed by atoms with E-state index in [1.165, 1.54) is 89.9 Å². The number of hydrogen-bond donors (Lipinski definition) is 7. The summed E-state index contributed by atoms with van der Waals surface area (Å²) >= 11 is 0. The fraction of sp³-hybridized carbons (Fsp3) is 0.882. The Morgan fingerprint density at radius 2 is 0.924 bits per heavy atom. The molecule has 66 heavy (non-hydrogen) atoms. The summed E-state index contributed by atoms with van der Waals surface area (Å²) in [7, 11) is 0. The molecule has 0 radical (unpaired) electrons. The van der Waals surface area contributed by atoms with Crippen molar-refractivity contribution in [2.75, 3.05) is 26.4 Å². The van der Waals surface area contributed by atoms with E-state index >= 15 is 0 Å². The molecule has 386 valence electrons. The number of rotatable bonds is 40. The molecule has 11 atom stereocenters. The highest BCUT2D eigenvalue weighted by molar-refractivity contribution is 5.70. The topological polar surface area (TPSA) is 231 Å². The minimum absolute atomic E-state index is 0.166. The standard InChI is InChI=1S/C51H92O15/c1-3-5-7-9-11-13-15-17-19-20-22-24-26-28-30-32-34-43(54)64-39(36-61-42(53)33-31-29-27-25-23-21-18-16-14-12-10-8-6-4-2)37-62-50-49(60)47(58)45(56)41(66-50)38-63-51-48(59)46(57)44(55)40(35-52)65-51/h10,12,16,18,39-41,44-52,55-60H,3-9,11,13-15,17,19-38H2,1-2H3/b12-10+,18-16+/t39-,40-,41-,44+,45+,46?,47?,48?,49?,50-,51-/m1/s1. The molecule has 2 rings (SSSR count). The van der Waals surface area contributed by atoms with E-state index in [0.29, 0.717) is 12.8 Å². The summed E-state index contributed by atoms with van der Waals surface area (Å²) in [5.74, 6) is -0.934. The molecule has 0 aromatic heterocycles. The van der Waals surface area contributed by atoms with Crippen LogP contribution in [-0.4, -0.2) is 142 Å². The first-order valence-corrected chi connectivity index (χ1v) is 25.9. The number of ether oxygens (including phenoxy) is 6. The molecular formula is C51H92O15. The van der Waals surface area contributed by atoms with Gasteiger partial charge in [-0.3, -0.25) is 9.59 Å². The molecule has 2 fully saturated rings. The first-order chi connectivity index (χ1) is 32.0. The van der Waals surface area contributed by atoms with Crippen LogP contribution in [0.15, 0.2) is 24.3 Å². The summed E-state index contributed by atoms with van der Waals surface area (Å²) in [4.78, 5) is 25.7. The van der Waals surface area contributed by atoms with Gasteiger partial charge in [0.1, 0.15) is 55.4 Å². The lowest BCUT2D eigenvalue weighted by atomic mass is 9.98. The van der Waals surface area contributed by atoms with Crippen LogP contribution in [0.3, 0.4) is 0 Å². The predicted molar refractivity (Wildman–Crippen MR) is 252 cm³/mol. The molecule has 7 N–H and O–H groups in total. The maximum absolute atomic E-state index is 13.0. The smallest absolute Gasteiger partial charge is 0.306 e. The second-order valence-electron chi connectivity index (χ2n) is 18.4. The third-order valence-corrected chi connectivity index (χ3v) is 12.4. The number of carbonyl (C=O) groups excluding carboxylic acids is 2. The highest BCUT2D eigenvalue weighted by Crippen LogP contribution is 2.26. The van der Waals surface area contributed by atoms with Gasteiger partial charge in [0.05, 0.1) is 19.8 Å². The molecule has 0 saturated carbocycles. The fourth-order valence-electron chi connectivity index (χ4n) is 8.12. The van der Waals surface area contributed by atoms with Gasteiger partial charge in [0.2, 0.25) is 0 Å². The van der Waals surface area contributed by atoms with Crippen LogP contribution in [0.5, 0.6) is 0 Å². The summed E-state index contributed by atoms with van der Waals surface area (Å²) in [6.45, 7) is 2.55. The zero-order chi connectivity index (χ0) is 48.2. The van der Waals surface area contributed by atoms with Gasteiger partial charge in [-0.15, -0.1) is 0 Å². The zero-order valence-electron chi connectivity index (χ0n) is 40.7. The Morgan fingerprint density at radius 3 is 1.45 bits per heavy atom. The molecule has 2 aliphatic heterocycles. The van der Waals surface area contributed by atoms with Crippen molar-refractivity contribution in [2.45, 2.75) is 261 Å². The third-order valence-electron chi connectivity index (χ3n) is 12.4. The van der Waals surface area contributed by atoms with Crippen LogP contribution in [-0.2, 0) is 38.0 Å². The largest absolute Gasteiger partial charge is 0.462 e. The number of allylic oxidation sites excluding steroid dienone is 4. The van der Waals surface area contributed by atoms with Crippen LogP contribution < -0.4 is 0 Å². The fourth-order valence-corrected chi connectivity index (χ4v) is 8.12. The number of esters is 2. The molecule has 2 heterocycles. The Morgan fingerprint density at radius 1 is 0.485 bits per heavy atom. The average Bonchev–Trinajstić information content (AvgIpc) is 3.31. The Labute approximate surface area is 396 Å². The molecule has 0 aromatic rings. The van der Waals surface area contributed by atoms with Crippen molar-refractivity contribution in [2.24, 2.45) is 0 Å². The Bertz CT molecular complexity index is 1250. The van der Waals surface area contributed by atoms with Crippen molar-refractivity contribution in [3.05, 3.63) is 24.3 Å². The Hall–Kier alpha value is -2.02. The van der Waals surface area contributed by atoms with Gasteiger partial charge in [-0.05, 0) is 38.5 Å². The lowest BCUT2D eigenvalue weighted by Gasteiger charge is -2.42. The number of unbranched alkanes of at least 4 members (excludes halogenated alkanes) is 22. The highest BCUT2D eigenvalue weighted by atomic mass is 16.7. The predicted octanol–water partition coefficient (Wildman–Crippen LogP) is 7.16. The Kier molecular flexibility index (Phi) is 35.3. The molecule has 0 aliphatic carbocycles. The van der Waals surface area contributed by atoms with Crippen LogP contribution in [0.1, 0.15) is 194 Å². The van der Waals surface area contributed by atoms with E-state index in [1.807, 2.05) is 0 Å². The Balaban J connectivity index is 1.81. The molecule has 2 aliphatic rings. The van der Waals surface area contributed by atoms with Crippen LogP contribution in [0.25, 0.3) is 0 Å². The molecular weight excluding hydrogens is 853 g/mol. The highest BCUT2D eigenvalue weighted by Gasteiger charge is 2.47. The minimum atomic E-state index is -1.76. The van der Waals surface area contributed by atoms with Crippen molar-refractivity contribution in [1.82, 2.24) is 0 Å². The second kappa shape index (κ2) is 38.8. The lowest BCUT2D eigenvalue weighted by molar-refractivity contribution is -0.332. The van der Waals surface area contributed by atoms with Crippen LogP contribution in [0.2, 0.25) is 0 Å². The molecule has 4 unspecified atom stereocenters. The molecule has 0 bridgehead atoms. The van der Waals surface area contributed by atoms with E-state index < -0.39 is 92.7 Å². The summed E-state index contributed by atoms with van der Waals surface area (Å²) in [6.07, 6.45) is 22.0. The summed E-state index contributed by atoms with van der Waals surface area (Å²) < 4.78 is 33.6. The van der Waals surface area contributed by atoms with Crippen LogP contribution in [0, 0.1) is 0 Å². The van der Waals surface area contributed by atoms with Crippen molar-refractivity contribution >= 4 is 11.9 Å². The molecule has 0 amide bonds. The van der Waals surface area contributed by atoms with Gasteiger partial charge in [-0.25, -0.2) is 0 Å². The quantitative estimate of drug-likeness (QED) is 0.0184. The number of hydrogen-bond acceptors (Lipinski definition) is 15. The van der Waals surface area contributed by atoms with Crippen LogP contribution in [0.4, 0.5) is 0 Å². The number of aliphatic hydroxyl groups is 7. The normalized spacial score (nSPS) is 26.3. The van der Waals surface area contributed by atoms with Crippen molar-refractivity contribution in [1.29, 1.82) is 0 Å². The molecule has 0 aromatic carbocycles. The van der Waals surface area contributed by atoms with E-state index in [2.05, 4.69) is 38.2 Å². The monoisotopic (exact) mass is 945 g/mol. The van der Waals surface area contributed by atoms with E-state index in [0.717, 1.165) is 64.2 Å². The van der Waals surface area contributed by atoms with Crippen molar-refractivity contribution in [3.8, 4) is 0 Å². The molecule has 15 heteroatoms. The van der Waals surface area contributed by atoms with E-state index in [1.54, 1.807) is 0 Å². The van der Waals surface area contributed by atoms with Gasteiger partial charge >= 0.3 is 11.9 Å². The molecule has 2 saturated heterocycles. The van der Waals surface area contributed by atoms with Gasteiger partial charge in [-0.1, -0.05) is 167 Å². The molecule has 15 nitrogen and oxygen atoms in total. The van der Waals surface area contributed by atoms with E-state index in [4.69, 9.17) is 28.4 Å². The van der Waals surface area contributed by atoms with Gasteiger partial charge in [-0.2, -0.15) is 0 Å². The zero-order valence-corrected chi connectivity index (χ0v) is 40.7. The maximum atomic E-state index is 13.0. The van der Waals surface area contributed by atoms with Crippen molar-refractivity contribution in [3.63, 3.8) is 0 Å². The minimum Gasteiger partial charge on any atom is -0.462 e. The maximum Gasteiger partial charge on any atom is 0.306 e. The molecule has 0 spiro atoms. The number of carbonyl (C=O) groups is 2. The van der Waals surface area contributed by atoms with Gasteiger partial charge in [0, 0.05) is 12.8 Å². The first kappa shape index (κ1) is 60.1. The van der Waals surface area contributed by atoms with E-state index in [9.17, 15) is 45.3 Å². The third kappa shape index (κ3) is 26.7. The summed E-state index contributed by atoms with van der Waals surface area (Å²) in [5.41, 5.74) is 0. The van der Waals surface area contributed by atoms with E-state index in [-0.39, 0.29) is 26.1 Å². The van der Waals surface area contributed by atoms with Gasteiger partial charge in [0.15, 0.2) is 18.7 Å². The first-order valence-electron chi connectivity index (χ1n) is 25.9. The van der Waals surface area contributed by atoms with Gasteiger partial charge in [0.25, 0.3) is 0 Å². The second-order valence-corrected chi connectivity index (χ2v) is 18.4. The lowest BCUT2D eigenvalue weighted by Crippen LogP contribution is -2.61.